The molecule has 1 radical (unpaired) electrons. The summed E-state index contributed by atoms with van der Waals surface area (Å²) >= 11 is 0. The van der Waals surface area contributed by atoms with E-state index in [1.165, 1.54) is 0 Å². The molecule has 0 amide bonds. The summed E-state index contributed by atoms with van der Waals surface area (Å²) in [4.78, 5) is 0. The van der Waals surface area contributed by atoms with Crippen molar-refractivity contribution in [3.63, 3.8) is 0 Å². The third kappa shape index (κ3) is 310. The molecule has 0 aliphatic rings. The molecule has 0 aliphatic carbocycles. The number of rotatable bonds is 0. The van der Waals surface area contributed by atoms with Crippen molar-refractivity contribution < 1.29 is 57.0 Å². The van der Waals surface area contributed by atoms with E-state index in [0.29, 0.717) is 0 Å². The van der Waals surface area contributed by atoms with E-state index in [-0.39, 0.29) is 36.5 Å². The van der Waals surface area contributed by atoms with Gasteiger partial charge in [-0.05, 0) is 0 Å². The van der Waals surface area contributed by atoms with Crippen molar-refractivity contribution in [3.05, 3.63) is 0 Å². The number of hydrogen-bond donors (Lipinski definition) is 4. The molecule has 0 aromatic rings. The SMILES string of the molecule is N#CO.N#CO.N#CO.N#CO.[Cu].[Zn]. The Balaban J connectivity index is -0.0000000145. The van der Waals surface area contributed by atoms with E-state index in [4.69, 9.17) is 41.5 Å². The minimum absolute atomic E-state index is 0. The Labute approximate surface area is 103 Å². The van der Waals surface area contributed by atoms with Crippen LogP contribution in [-0.2, 0) is 36.5 Å². The minimum atomic E-state index is 0. The Hall–Kier alpha value is -1.70. The molecule has 0 bridgehead atoms. The zero-order chi connectivity index (χ0) is 10.8. The van der Waals surface area contributed by atoms with Gasteiger partial charge in [0.25, 0.3) is 25.0 Å². The largest absolute Gasteiger partial charge is 0.443 e. The van der Waals surface area contributed by atoms with Gasteiger partial charge in [0.1, 0.15) is 0 Å². The number of nitrogens with zero attached hydrogens (tertiary/aromatic N) is 4. The summed E-state index contributed by atoms with van der Waals surface area (Å²) in [5.41, 5.74) is 0. The molecule has 0 aromatic carbocycles. The van der Waals surface area contributed by atoms with E-state index in [9.17, 15) is 0 Å². The van der Waals surface area contributed by atoms with Crippen LogP contribution in [0.4, 0.5) is 0 Å². The predicted molar refractivity (Wildman–Crippen MR) is 30.2 cm³/mol. The van der Waals surface area contributed by atoms with Gasteiger partial charge in [0.05, 0.1) is 0 Å². The first kappa shape index (κ1) is 39.6. The van der Waals surface area contributed by atoms with Gasteiger partial charge >= 0.3 is 0 Å². The first-order valence-electron chi connectivity index (χ1n) is 1.79. The molecule has 8 nitrogen and oxygen atoms in total. The molecule has 10 heteroatoms. The Bertz CT molecular complexity index is 163. The van der Waals surface area contributed by atoms with Gasteiger partial charge in [-0.2, -0.15) is 21.0 Å². The second kappa shape index (κ2) is 226. The summed E-state index contributed by atoms with van der Waals surface area (Å²) in [5.74, 6) is 0. The molecule has 0 saturated heterocycles. The minimum Gasteiger partial charge on any atom is -0.443 e. The van der Waals surface area contributed by atoms with Gasteiger partial charge < -0.3 is 20.4 Å². The van der Waals surface area contributed by atoms with Gasteiger partial charge in [-0.3, -0.25) is 0 Å². The van der Waals surface area contributed by atoms with Crippen molar-refractivity contribution in [2.24, 2.45) is 0 Å². The van der Waals surface area contributed by atoms with Crippen LogP contribution in [0, 0.1) is 46.1 Å². The fraction of sp³-hybridized carbons (Fsp3) is 0. The molecule has 0 rings (SSSR count). The average molecular weight is 301 g/mol. The quantitative estimate of drug-likeness (QED) is 0.337. The molecule has 0 saturated carbocycles. The third-order valence-electron chi connectivity index (χ3n) is 0. The Kier molecular flexibility index (Phi) is 639. The molecule has 0 aromatic heterocycles. The second-order valence-electron chi connectivity index (χ2n) is 0.400. The molecule has 77 valence electrons. The number of aliphatic hydroxyl groups is 4. The van der Waals surface area contributed by atoms with E-state index in [1.807, 2.05) is 0 Å². The van der Waals surface area contributed by atoms with Crippen molar-refractivity contribution in [2.75, 3.05) is 0 Å². The van der Waals surface area contributed by atoms with E-state index in [2.05, 4.69) is 0 Å². The van der Waals surface area contributed by atoms with Crippen molar-refractivity contribution in [2.45, 2.75) is 0 Å². The summed E-state index contributed by atoms with van der Waals surface area (Å²) < 4.78 is 0. The summed E-state index contributed by atoms with van der Waals surface area (Å²) in [5, 5.41) is 55.0. The molecular formula is C4H4CuN4O4Zn. The van der Waals surface area contributed by atoms with E-state index in [1.54, 1.807) is 0 Å². The fourth-order valence-corrected chi connectivity index (χ4v) is 0. The van der Waals surface area contributed by atoms with Crippen LogP contribution in [-0.4, -0.2) is 20.4 Å². The van der Waals surface area contributed by atoms with Crippen LogP contribution in [0.1, 0.15) is 0 Å². The van der Waals surface area contributed by atoms with Crippen LogP contribution in [0.2, 0.25) is 0 Å². The predicted octanol–water partition coefficient (Wildman–Crippen LogP) is -0.645. The maximum absolute atomic E-state index is 6.88. The first-order chi connectivity index (χ1) is 5.66. The smallest absolute Gasteiger partial charge is 0.283 e. The van der Waals surface area contributed by atoms with E-state index < -0.39 is 0 Å². The van der Waals surface area contributed by atoms with Gasteiger partial charge in [-0.15, -0.1) is 0 Å². The molecule has 0 aliphatic heterocycles. The molecule has 0 atom stereocenters. The summed E-state index contributed by atoms with van der Waals surface area (Å²) in [6.07, 6.45) is 3.00. The van der Waals surface area contributed by atoms with Gasteiger partial charge in [0, 0.05) is 36.5 Å². The Morgan fingerprint density at radius 3 is 0.571 bits per heavy atom. The Morgan fingerprint density at radius 2 is 0.571 bits per heavy atom. The fourth-order valence-electron chi connectivity index (χ4n) is 0. The Morgan fingerprint density at radius 1 is 0.571 bits per heavy atom. The number of nitriles is 4. The van der Waals surface area contributed by atoms with Crippen molar-refractivity contribution in [1.29, 1.82) is 21.0 Å². The summed E-state index contributed by atoms with van der Waals surface area (Å²) in [6.45, 7) is 0. The monoisotopic (exact) mass is 299 g/mol. The van der Waals surface area contributed by atoms with Crippen LogP contribution in [0.5, 0.6) is 0 Å². The van der Waals surface area contributed by atoms with Gasteiger partial charge in [-0.1, -0.05) is 0 Å². The van der Waals surface area contributed by atoms with E-state index >= 15 is 0 Å². The number of aliphatic hydroxyl groups excluding tert-OH is 4. The second-order valence-corrected chi connectivity index (χ2v) is 0.400. The molecule has 14 heavy (non-hydrogen) atoms. The molecule has 4 N–H and O–H groups in total. The van der Waals surface area contributed by atoms with Crippen LogP contribution in [0.3, 0.4) is 0 Å². The van der Waals surface area contributed by atoms with Crippen molar-refractivity contribution in [3.8, 4) is 25.0 Å². The normalized spacial score (nSPS) is 2.00. The van der Waals surface area contributed by atoms with Gasteiger partial charge in [0.2, 0.25) is 0 Å². The molecule has 0 spiro atoms. The number of hydrogen-bond acceptors (Lipinski definition) is 8. The zero-order valence-corrected chi connectivity index (χ0v) is 10.5. The molecule has 0 fully saturated rings. The van der Waals surface area contributed by atoms with Gasteiger partial charge in [-0.25, -0.2) is 0 Å². The molecular weight excluding hydrogens is 297 g/mol. The van der Waals surface area contributed by atoms with E-state index in [0.717, 1.165) is 25.0 Å². The van der Waals surface area contributed by atoms with Crippen molar-refractivity contribution in [1.82, 2.24) is 0 Å². The van der Waals surface area contributed by atoms with Gasteiger partial charge in [0.15, 0.2) is 0 Å². The third-order valence-corrected chi connectivity index (χ3v) is 0. The molecule has 0 unspecified atom stereocenters. The standard InChI is InChI=1S/4CHNO.Cu.Zn/c4*2-1-3;;/h4*3H;;. The van der Waals surface area contributed by atoms with Crippen LogP contribution >= 0.6 is 0 Å². The van der Waals surface area contributed by atoms with Crippen LogP contribution < -0.4 is 0 Å². The maximum Gasteiger partial charge on any atom is 0.283 e. The first-order valence-corrected chi connectivity index (χ1v) is 1.79. The van der Waals surface area contributed by atoms with Crippen molar-refractivity contribution >= 4 is 0 Å². The maximum atomic E-state index is 6.88. The van der Waals surface area contributed by atoms with Crippen LogP contribution in [0.25, 0.3) is 0 Å². The zero-order valence-electron chi connectivity index (χ0n) is 6.59. The topological polar surface area (TPSA) is 176 Å². The summed E-state index contributed by atoms with van der Waals surface area (Å²) in [7, 11) is 0. The summed E-state index contributed by atoms with van der Waals surface area (Å²) in [6, 6.07) is 0. The average Bonchev–Trinajstić information content (AvgIpc) is 1.92. The molecule has 0 heterocycles. The van der Waals surface area contributed by atoms with Crippen LogP contribution in [0.15, 0.2) is 0 Å².